The summed E-state index contributed by atoms with van der Waals surface area (Å²) in [5, 5.41) is 2.71. The van der Waals surface area contributed by atoms with Crippen LogP contribution < -0.4 is 11.1 Å². The van der Waals surface area contributed by atoms with E-state index in [-0.39, 0.29) is 5.91 Å². The van der Waals surface area contributed by atoms with Gasteiger partial charge in [0.1, 0.15) is 5.54 Å². The predicted molar refractivity (Wildman–Crippen MR) is 69.1 cm³/mol. The molecule has 0 aliphatic heterocycles. The summed E-state index contributed by atoms with van der Waals surface area (Å²) in [6, 6.07) is 9.27. The molecule has 4 heteroatoms. The van der Waals surface area contributed by atoms with Gasteiger partial charge in [0.15, 0.2) is 0 Å². The van der Waals surface area contributed by atoms with Crippen molar-refractivity contribution in [2.24, 2.45) is 5.73 Å². The van der Waals surface area contributed by atoms with Crippen LogP contribution in [0.1, 0.15) is 12.5 Å². The van der Waals surface area contributed by atoms with Gasteiger partial charge in [-0.25, -0.2) is 0 Å². The third kappa shape index (κ3) is 3.18. The first kappa shape index (κ1) is 12.9. The standard InChI is InChI=1S/C12H15BrN2O/c1-9(13)8-15-11(16)12(2,14)10-6-4-3-5-7-10/h3-7H,1,8,14H2,2H3,(H,15,16). The zero-order chi connectivity index (χ0) is 12.2. The Hall–Kier alpha value is -1.13. The summed E-state index contributed by atoms with van der Waals surface area (Å²) in [4.78, 5) is 11.9. The highest BCUT2D eigenvalue weighted by molar-refractivity contribution is 9.11. The molecule has 0 heterocycles. The van der Waals surface area contributed by atoms with E-state index in [0.717, 1.165) is 5.56 Å². The van der Waals surface area contributed by atoms with E-state index in [4.69, 9.17) is 5.73 Å². The van der Waals surface area contributed by atoms with Crippen LogP contribution in [0.15, 0.2) is 41.4 Å². The van der Waals surface area contributed by atoms with Crippen molar-refractivity contribution in [1.29, 1.82) is 0 Å². The second-order valence-electron chi connectivity index (χ2n) is 3.77. The molecule has 1 atom stereocenters. The van der Waals surface area contributed by atoms with E-state index in [1.807, 2.05) is 30.3 Å². The van der Waals surface area contributed by atoms with E-state index >= 15 is 0 Å². The van der Waals surface area contributed by atoms with Gasteiger partial charge in [0.25, 0.3) is 0 Å². The number of rotatable bonds is 4. The lowest BCUT2D eigenvalue weighted by molar-refractivity contribution is -0.125. The molecule has 0 aliphatic carbocycles. The Morgan fingerprint density at radius 2 is 2.06 bits per heavy atom. The summed E-state index contributed by atoms with van der Waals surface area (Å²) in [5.41, 5.74) is 5.77. The minimum absolute atomic E-state index is 0.223. The molecule has 1 amide bonds. The molecule has 0 fully saturated rings. The second-order valence-corrected chi connectivity index (χ2v) is 4.89. The molecule has 1 unspecified atom stereocenters. The fraction of sp³-hybridized carbons (Fsp3) is 0.250. The molecule has 1 aromatic carbocycles. The molecule has 86 valence electrons. The highest BCUT2D eigenvalue weighted by Gasteiger charge is 2.29. The molecule has 1 aromatic rings. The molecule has 0 saturated heterocycles. The van der Waals surface area contributed by atoms with Crippen LogP contribution in [0.5, 0.6) is 0 Å². The normalized spacial score (nSPS) is 13.9. The number of nitrogens with two attached hydrogens (primary N) is 1. The van der Waals surface area contributed by atoms with Crippen LogP contribution in [0.3, 0.4) is 0 Å². The predicted octanol–water partition coefficient (Wildman–Crippen LogP) is 1.89. The molecule has 0 aliphatic rings. The molecule has 3 N–H and O–H groups in total. The van der Waals surface area contributed by atoms with Gasteiger partial charge in [-0.3, -0.25) is 4.79 Å². The summed E-state index contributed by atoms with van der Waals surface area (Å²) in [6.07, 6.45) is 0. The molecule has 0 saturated carbocycles. The van der Waals surface area contributed by atoms with Crippen molar-refractivity contribution in [3.8, 4) is 0 Å². The summed E-state index contributed by atoms with van der Waals surface area (Å²) >= 11 is 3.18. The molecule has 1 rings (SSSR count). The monoisotopic (exact) mass is 282 g/mol. The Bertz CT molecular complexity index is 387. The van der Waals surface area contributed by atoms with Gasteiger partial charge in [-0.1, -0.05) is 52.8 Å². The number of amides is 1. The molecule has 3 nitrogen and oxygen atoms in total. The van der Waals surface area contributed by atoms with E-state index < -0.39 is 5.54 Å². The quantitative estimate of drug-likeness (QED) is 0.886. The number of hydrogen-bond acceptors (Lipinski definition) is 2. The average Bonchev–Trinajstić information content (AvgIpc) is 2.27. The largest absolute Gasteiger partial charge is 0.350 e. The second kappa shape index (κ2) is 5.27. The Morgan fingerprint density at radius 3 is 2.56 bits per heavy atom. The Kier molecular flexibility index (Phi) is 4.26. The van der Waals surface area contributed by atoms with E-state index in [2.05, 4.69) is 27.8 Å². The number of nitrogens with one attached hydrogen (secondary N) is 1. The van der Waals surface area contributed by atoms with Crippen molar-refractivity contribution in [1.82, 2.24) is 5.32 Å². The molecule has 0 aromatic heterocycles. The van der Waals surface area contributed by atoms with E-state index in [9.17, 15) is 4.79 Å². The SMILES string of the molecule is C=C(Br)CNC(=O)C(C)(N)c1ccccc1. The van der Waals surface area contributed by atoms with Crippen LogP contribution in [0.25, 0.3) is 0 Å². The van der Waals surface area contributed by atoms with E-state index in [1.54, 1.807) is 6.92 Å². The summed E-state index contributed by atoms with van der Waals surface area (Å²) in [6.45, 7) is 5.71. The lowest BCUT2D eigenvalue weighted by Gasteiger charge is -2.23. The Labute approximate surface area is 104 Å². The minimum Gasteiger partial charge on any atom is -0.350 e. The van der Waals surface area contributed by atoms with Crippen LogP contribution in [-0.2, 0) is 10.3 Å². The first-order chi connectivity index (χ1) is 7.44. The molecule has 0 radical (unpaired) electrons. The first-order valence-corrected chi connectivity index (χ1v) is 5.70. The van der Waals surface area contributed by atoms with Gasteiger partial charge in [-0.15, -0.1) is 0 Å². The fourth-order valence-electron chi connectivity index (χ4n) is 1.28. The maximum Gasteiger partial charge on any atom is 0.244 e. The smallest absolute Gasteiger partial charge is 0.244 e. The van der Waals surface area contributed by atoms with Gasteiger partial charge >= 0.3 is 0 Å². The van der Waals surface area contributed by atoms with Gasteiger partial charge in [0.05, 0.1) is 0 Å². The van der Waals surface area contributed by atoms with Gasteiger partial charge in [0.2, 0.25) is 5.91 Å². The van der Waals surface area contributed by atoms with Crippen LogP contribution in [0.2, 0.25) is 0 Å². The van der Waals surface area contributed by atoms with Crippen molar-refractivity contribution in [2.75, 3.05) is 6.54 Å². The lowest BCUT2D eigenvalue weighted by Crippen LogP contribution is -2.49. The number of halogens is 1. The zero-order valence-corrected chi connectivity index (χ0v) is 10.8. The highest BCUT2D eigenvalue weighted by atomic mass is 79.9. The minimum atomic E-state index is -1.02. The fourth-order valence-corrected chi connectivity index (χ4v) is 1.42. The highest BCUT2D eigenvalue weighted by Crippen LogP contribution is 2.17. The van der Waals surface area contributed by atoms with Crippen LogP contribution in [-0.4, -0.2) is 12.5 Å². The summed E-state index contributed by atoms with van der Waals surface area (Å²) < 4.78 is 0.713. The third-order valence-corrected chi connectivity index (χ3v) is 2.57. The van der Waals surface area contributed by atoms with Gasteiger partial charge in [-0.2, -0.15) is 0 Å². The van der Waals surface area contributed by atoms with E-state index in [0.29, 0.717) is 11.0 Å². The van der Waals surface area contributed by atoms with Crippen molar-refractivity contribution in [2.45, 2.75) is 12.5 Å². The van der Waals surface area contributed by atoms with Crippen molar-refractivity contribution < 1.29 is 4.79 Å². The average molecular weight is 283 g/mol. The molecule has 0 spiro atoms. The Balaban J connectivity index is 2.78. The zero-order valence-electron chi connectivity index (χ0n) is 9.16. The number of carbonyl (C=O) groups is 1. The van der Waals surface area contributed by atoms with Crippen molar-refractivity contribution in [3.05, 3.63) is 47.0 Å². The van der Waals surface area contributed by atoms with Gasteiger partial charge in [0, 0.05) is 11.0 Å². The number of carbonyl (C=O) groups excluding carboxylic acids is 1. The summed E-state index contributed by atoms with van der Waals surface area (Å²) in [7, 11) is 0. The van der Waals surface area contributed by atoms with Crippen LogP contribution in [0, 0.1) is 0 Å². The van der Waals surface area contributed by atoms with Gasteiger partial charge in [-0.05, 0) is 12.5 Å². The topological polar surface area (TPSA) is 55.1 Å². The molecule has 0 bridgehead atoms. The molecular formula is C12H15BrN2O. The lowest BCUT2D eigenvalue weighted by atomic mass is 9.92. The number of hydrogen-bond donors (Lipinski definition) is 2. The molecular weight excluding hydrogens is 268 g/mol. The number of benzene rings is 1. The van der Waals surface area contributed by atoms with Crippen LogP contribution in [0.4, 0.5) is 0 Å². The molecule has 16 heavy (non-hydrogen) atoms. The maximum absolute atomic E-state index is 11.9. The summed E-state index contributed by atoms with van der Waals surface area (Å²) in [5.74, 6) is -0.223. The van der Waals surface area contributed by atoms with Crippen molar-refractivity contribution in [3.63, 3.8) is 0 Å². The first-order valence-electron chi connectivity index (χ1n) is 4.90. The van der Waals surface area contributed by atoms with Crippen molar-refractivity contribution >= 4 is 21.8 Å². The Morgan fingerprint density at radius 1 is 1.50 bits per heavy atom. The maximum atomic E-state index is 11.9. The van der Waals surface area contributed by atoms with E-state index in [1.165, 1.54) is 0 Å². The van der Waals surface area contributed by atoms with Gasteiger partial charge < -0.3 is 11.1 Å². The third-order valence-electron chi connectivity index (χ3n) is 2.29. The van der Waals surface area contributed by atoms with Crippen LogP contribution >= 0.6 is 15.9 Å².